The van der Waals surface area contributed by atoms with Gasteiger partial charge in [0.15, 0.2) is 5.13 Å². The highest BCUT2D eigenvalue weighted by Crippen LogP contribution is 2.39. The number of thiazole rings is 1. The van der Waals surface area contributed by atoms with Crippen molar-refractivity contribution in [3.8, 4) is 0 Å². The van der Waals surface area contributed by atoms with Crippen LogP contribution in [0.5, 0.6) is 0 Å². The molecule has 0 saturated carbocycles. The van der Waals surface area contributed by atoms with E-state index in [1.807, 2.05) is 11.0 Å². The number of likely N-dealkylation sites (tertiary alicyclic amines) is 2. The average Bonchev–Trinajstić information content (AvgIpc) is 3.46. The number of piperidine rings is 1. The summed E-state index contributed by atoms with van der Waals surface area (Å²) in [6, 6.07) is 16.8. The largest absolute Gasteiger partial charge is 0.390 e. The first kappa shape index (κ1) is 24.1. The first-order chi connectivity index (χ1) is 17.0. The van der Waals surface area contributed by atoms with Gasteiger partial charge in [-0.15, -0.1) is 11.3 Å². The van der Waals surface area contributed by atoms with Crippen molar-refractivity contribution >= 4 is 22.4 Å². The molecule has 2 aliphatic heterocycles. The Morgan fingerprint density at radius 1 is 1.11 bits per heavy atom. The highest BCUT2D eigenvalue weighted by Gasteiger charge is 2.49. The minimum Gasteiger partial charge on any atom is -0.390 e. The Bertz CT molecular complexity index is 1140. The minimum atomic E-state index is -0.488. The molecule has 2 fully saturated rings. The molecule has 2 atom stereocenters. The summed E-state index contributed by atoms with van der Waals surface area (Å²) in [5.41, 5.74) is 2.07. The van der Waals surface area contributed by atoms with Gasteiger partial charge in [-0.3, -0.25) is 14.6 Å². The zero-order chi connectivity index (χ0) is 24.3. The Kier molecular flexibility index (Phi) is 7.24. The lowest BCUT2D eigenvalue weighted by atomic mass is 9.82. The third kappa shape index (κ3) is 5.62. The zero-order valence-corrected chi connectivity index (χ0v) is 20.5. The van der Waals surface area contributed by atoms with Crippen LogP contribution in [0.3, 0.4) is 0 Å². The van der Waals surface area contributed by atoms with Crippen molar-refractivity contribution in [2.75, 3.05) is 31.5 Å². The number of rotatable bonds is 7. The van der Waals surface area contributed by atoms with Gasteiger partial charge in [0, 0.05) is 42.7 Å². The third-order valence-corrected chi connectivity index (χ3v) is 8.17. The molecule has 8 heteroatoms. The fraction of sp³-hybridized carbons (Fsp3) is 0.407. The van der Waals surface area contributed by atoms with Gasteiger partial charge in [-0.05, 0) is 49.1 Å². The summed E-state index contributed by atoms with van der Waals surface area (Å²) in [7, 11) is 0. The highest BCUT2D eigenvalue weighted by molar-refractivity contribution is 7.15. The fourth-order valence-electron chi connectivity index (χ4n) is 5.44. The number of benzene rings is 2. The van der Waals surface area contributed by atoms with Gasteiger partial charge in [-0.2, -0.15) is 0 Å². The molecule has 2 aliphatic rings. The fourth-order valence-corrected chi connectivity index (χ4v) is 6.30. The zero-order valence-electron chi connectivity index (χ0n) is 19.7. The molecule has 1 aromatic heterocycles. The van der Waals surface area contributed by atoms with Gasteiger partial charge in [0.2, 0.25) is 5.91 Å². The number of halogens is 1. The van der Waals surface area contributed by atoms with Gasteiger partial charge in [-0.1, -0.05) is 42.5 Å². The number of aliphatic hydroxyl groups is 1. The van der Waals surface area contributed by atoms with Crippen LogP contribution in [-0.2, 0) is 17.8 Å². The predicted octanol–water partition coefficient (Wildman–Crippen LogP) is 3.91. The van der Waals surface area contributed by atoms with E-state index in [0.717, 1.165) is 49.3 Å². The van der Waals surface area contributed by atoms with E-state index in [1.54, 1.807) is 18.3 Å². The molecule has 3 heterocycles. The number of aliphatic hydroxyl groups excluding tert-OH is 1. The van der Waals surface area contributed by atoms with Crippen LogP contribution in [0, 0.1) is 5.82 Å². The molecule has 2 aromatic carbocycles. The average molecular weight is 495 g/mol. The van der Waals surface area contributed by atoms with E-state index in [-0.39, 0.29) is 23.8 Å². The van der Waals surface area contributed by atoms with Crippen LogP contribution in [0.4, 0.5) is 9.52 Å². The SMILES string of the molecule is O=C(CN1CC[C@@]2(CCCN2Cc2ccccc2)[C@@H](O)C1)Nc1ncc(Cc2ccc(F)cc2)s1. The maximum absolute atomic E-state index is 13.1. The maximum atomic E-state index is 13.1. The lowest BCUT2D eigenvalue weighted by molar-refractivity contribution is -0.120. The summed E-state index contributed by atoms with van der Waals surface area (Å²) in [6.07, 6.45) is 4.85. The van der Waals surface area contributed by atoms with Crippen LogP contribution in [-0.4, -0.2) is 63.6 Å². The first-order valence-electron chi connectivity index (χ1n) is 12.2. The molecule has 0 bridgehead atoms. The molecule has 1 spiro atoms. The Labute approximate surface area is 209 Å². The molecule has 0 aliphatic carbocycles. The molecule has 5 rings (SSSR count). The van der Waals surface area contributed by atoms with E-state index >= 15 is 0 Å². The van der Waals surface area contributed by atoms with Crippen molar-refractivity contribution in [1.29, 1.82) is 0 Å². The molecular formula is C27H31FN4O2S. The van der Waals surface area contributed by atoms with Crippen LogP contribution in [0.2, 0.25) is 0 Å². The Morgan fingerprint density at radius 2 is 1.91 bits per heavy atom. The topological polar surface area (TPSA) is 68.7 Å². The molecule has 2 saturated heterocycles. The van der Waals surface area contributed by atoms with Crippen molar-refractivity contribution in [3.63, 3.8) is 0 Å². The minimum absolute atomic E-state index is 0.122. The summed E-state index contributed by atoms with van der Waals surface area (Å²) in [5, 5.41) is 14.7. The second kappa shape index (κ2) is 10.5. The Morgan fingerprint density at radius 3 is 2.69 bits per heavy atom. The van der Waals surface area contributed by atoms with E-state index in [2.05, 4.69) is 39.5 Å². The number of carbonyl (C=O) groups excluding carboxylic acids is 1. The second-order valence-electron chi connectivity index (χ2n) is 9.60. The summed E-state index contributed by atoms with van der Waals surface area (Å²) >= 11 is 1.43. The molecule has 0 radical (unpaired) electrons. The van der Waals surface area contributed by atoms with Gasteiger partial charge in [0.25, 0.3) is 0 Å². The van der Waals surface area contributed by atoms with E-state index in [1.165, 1.54) is 29.0 Å². The van der Waals surface area contributed by atoms with Crippen molar-refractivity contribution in [1.82, 2.24) is 14.8 Å². The van der Waals surface area contributed by atoms with Gasteiger partial charge < -0.3 is 10.4 Å². The number of aromatic nitrogens is 1. The number of nitrogens with zero attached hydrogens (tertiary/aromatic N) is 3. The van der Waals surface area contributed by atoms with Crippen molar-refractivity contribution in [2.45, 2.75) is 43.9 Å². The molecule has 6 nitrogen and oxygen atoms in total. The molecule has 1 amide bonds. The quantitative estimate of drug-likeness (QED) is 0.521. The summed E-state index contributed by atoms with van der Waals surface area (Å²) in [6.45, 7) is 3.36. The van der Waals surface area contributed by atoms with E-state index in [0.29, 0.717) is 18.1 Å². The molecule has 35 heavy (non-hydrogen) atoms. The normalized spacial score (nSPS) is 23.1. The monoisotopic (exact) mass is 494 g/mol. The van der Waals surface area contributed by atoms with E-state index < -0.39 is 6.10 Å². The number of carbonyl (C=O) groups is 1. The first-order valence-corrected chi connectivity index (χ1v) is 13.0. The number of amides is 1. The number of anilines is 1. The van der Waals surface area contributed by atoms with Crippen molar-refractivity contribution in [3.05, 3.63) is 82.6 Å². The van der Waals surface area contributed by atoms with E-state index in [9.17, 15) is 14.3 Å². The Hall–Kier alpha value is -2.65. The van der Waals surface area contributed by atoms with Crippen molar-refractivity contribution < 1.29 is 14.3 Å². The van der Waals surface area contributed by atoms with E-state index in [4.69, 9.17) is 0 Å². The second-order valence-corrected chi connectivity index (χ2v) is 10.7. The van der Waals surface area contributed by atoms with Crippen LogP contribution >= 0.6 is 11.3 Å². The van der Waals surface area contributed by atoms with Crippen LogP contribution in [0.25, 0.3) is 0 Å². The number of nitrogens with one attached hydrogen (secondary N) is 1. The lowest BCUT2D eigenvalue weighted by Crippen LogP contribution is -2.61. The summed E-state index contributed by atoms with van der Waals surface area (Å²) in [4.78, 5) is 22.5. The highest BCUT2D eigenvalue weighted by atomic mass is 32.1. The number of β-amino-alcohol motifs (C(OH)–C–C–N with tert-alkyl or cyclic N) is 1. The van der Waals surface area contributed by atoms with Gasteiger partial charge in [0.1, 0.15) is 5.82 Å². The Balaban J connectivity index is 1.13. The predicted molar refractivity (Wildman–Crippen MR) is 136 cm³/mol. The molecule has 3 aromatic rings. The molecule has 184 valence electrons. The van der Waals surface area contributed by atoms with Gasteiger partial charge in [0.05, 0.1) is 12.6 Å². The van der Waals surface area contributed by atoms with Crippen molar-refractivity contribution in [2.24, 2.45) is 0 Å². The molecule has 0 unspecified atom stereocenters. The van der Waals surface area contributed by atoms with Crippen LogP contribution in [0.15, 0.2) is 60.8 Å². The van der Waals surface area contributed by atoms with Crippen LogP contribution in [0.1, 0.15) is 35.3 Å². The smallest absolute Gasteiger partial charge is 0.240 e. The van der Waals surface area contributed by atoms with Gasteiger partial charge in [-0.25, -0.2) is 9.37 Å². The number of hydrogen-bond acceptors (Lipinski definition) is 6. The molecule has 2 N–H and O–H groups in total. The molecular weight excluding hydrogens is 463 g/mol. The third-order valence-electron chi connectivity index (χ3n) is 7.25. The summed E-state index contributed by atoms with van der Waals surface area (Å²) in [5.74, 6) is -0.375. The number of hydrogen-bond donors (Lipinski definition) is 2. The van der Waals surface area contributed by atoms with Gasteiger partial charge >= 0.3 is 0 Å². The standard InChI is InChI=1S/C27H31FN4O2S/c28-22-9-7-20(8-10-22)15-23-16-29-26(35-23)30-25(34)19-31-14-12-27(24(33)18-31)11-4-13-32(27)17-21-5-2-1-3-6-21/h1-3,5-10,16,24,33H,4,11-15,17-19H2,(H,29,30,34)/t24-,27-/m0/s1. The lowest BCUT2D eigenvalue weighted by Gasteiger charge is -2.48. The summed E-state index contributed by atoms with van der Waals surface area (Å²) < 4.78 is 13.1. The van der Waals surface area contributed by atoms with Crippen LogP contribution < -0.4 is 5.32 Å². The maximum Gasteiger partial charge on any atom is 0.240 e.